The molecule has 6 heteroatoms. The van der Waals surface area contributed by atoms with Crippen molar-refractivity contribution >= 4 is 23.5 Å². The van der Waals surface area contributed by atoms with Gasteiger partial charge < -0.3 is 15.9 Å². The molecule has 0 amide bonds. The number of hydrogen-bond acceptors (Lipinski definition) is 4. The van der Waals surface area contributed by atoms with Crippen molar-refractivity contribution in [3.05, 3.63) is 23.8 Å². The number of hydrazone groups is 1. The summed E-state index contributed by atoms with van der Waals surface area (Å²) in [7, 11) is 0. The van der Waals surface area contributed by atoms with Crippen LogP contribution in [0, 0.1) is 0 Å². The lowest BCUT2D eigenvalue weighted by Gasteiger charge is -2.31. The van der Waals surface area contributed by atoms with Gasteiger partial charge in [-0.2, -0.15) is 5.10 Å². The lowest BCUT2D eigenvalue weighted by Crippen LogP contribution is -2.44. The molecule has 0 heterocycles. The average Bonchev–Trinajstić information content (AvgIpc) is 2.18. The van der Waals surface area contributed by atoms with Crippen molar-refractivity contribution in [1.82, 2.24) is 5.01 Å². The SMILES string of the molecule is CC(C)(C)N(N=Cc1ccc(O)cc1O)C(N)=S. The highest BCUT2D eigenvalue weighted by atomic mass is 32.1. The van der Waals surface area contributed by atoms with Crippen LogP contribution >= 0.6 is 12.2 Å². The van der Waals surface area contributed by atoms with Gasteiger partial charge >= 0.3 is 0 Å². The van der Waals surface area contributed by atoms with E-state index in [1.807, 2.05) is 20.8 Å². The van der Waals surface area contributed by atoms with Crippen LogP contribution in [0.2, 0.25) is 0 Å². The van der Waals surface area contributed by atoms with Crippen molar-refractivity contribution in [2.45, 2.75) is 26.3 Å². The van der Waals surface area contributed by atoms with Crippen LogP contribution < -0.4 is 5.73 Å². The van der Waals surface area contributed by atoms with Crippen molar-refractivity contribution in [2.24, 2.45) is 10.8 Å². The van der Waals surface area contributed by atoms with Crippen LogP contribution in [0.15, 0.2) is 23.3 Å². The van der Waals surface area contributed by atoms with Crippen LogP contribution in [0.4, 0.5) is 0 Å². The number of thiocarbonyl (C=S) groups is 1. The molecule has 18 heavy (non-hydrogen) atoms. The molecule has 0 radical (unpaired) electrons. The number of phenols is 2. The number of nitrogens with zero attached hydrogens (tertiary/aromatic N) is 2. The van der Waals surface area contributed by atoms with Gasteiger partial charge in [0.25, 0.3) is 0 Å². The van der Waals surface area contributed by atoms with Crippen LogP contribution in [0.25, 0.3) is 0 Å². The lowest BCUT2D eigenvalue weighted by atomic mass is 10.1. The number of benzene rings is 1. The first-order chi connectivity index (χ1) is 8.21. The summed E-state index contributed by atoms with van der Waals surface area (Å²) >= 11 is 4.92. The first kappa shape index (κ1) is 14.2. The third kappa shape index (κ3) is 3.59. The maximum atomic E-state index is 9.61. The molecule has 98 valence electrons. The Balaban J connectivity index is 3.00. The van der Waals surface area contributed by atoms with Gasteiger partial charge in [-0.15, -0.1) is 0 Å². The zero-order valence-electron chi connectivity index (χ0n) is 10.6. The van der Waals surface area contributed by atoms with Crippen LogP contribution in [0.3, 0.4) is 0 Å². The fraction of sp³-hybridized carbons (Fsp3) is 0.333. The summed E-state index contributed by atoms with van der Waals surface area (Å²) in [5, 5.41) is 24.6. The normalized spacial score (nSPS) is 11.7. The summed E-state index contributed by atoms with van der Waals surface area (Å²) in [4.78, 5) is 0. The summed E-state index contributed by atoms with van der Waals surface area (Å²) in [6.07, 6.45) is 1.44. The minimum Gasteiger partial charge on any atom is -0.508 e. The zero-order valence-corrected chi connectivity index (χ0v) is 11.4. The van der Waals surface area contributed by atoms with Crippen molar-refractivity contribution in [3.63, 3.8) is 0 Å². The zero-order chi connectivity index (χ0) is 13.9. The molecule has 0 fully saturated rings. The molecule has 1 rings (SSSR count). The molecule has 4 N–H and O–H groups in total. The molecule has 5 nitrogen and oxygen atoms in total. The molecule has 0 bridgehead atoms. The van der Waals surface area contributed by atoms with E-state index in [0.29, 0.717) is 5.56 Å². The minimum atomic E-state index is -0.352. The smallest absolute Gasteiger partial charge is 0.187 e. The van der Waals surface area contributed by atoms with Crippen molar-refractivity contribution in [2.75, 3.05) is 0 Å². The fourth-order valence-corrected chi connectivity index (χ4v) is 1.64. The van der Waals surface area contributed by atoms with E-state index < -0.39 is 0 Å². The van der Waals surface area contributed by atoms with E-state index >= 15 is 0 Å². The summed E-state index contributed by atoms with van der Waals surface area (Å²) in [6.45, 7) is 5.75. The fourth-order valence-electron chi connectivity index (χ4n) is 1.32. The quantitative estimate of drug-likeness (QED) is 0.432. The Hall–Kier alpha value is -1.82. The Bertz CT molecular complexity index is 481. The molecule has 1 aromatic rings. The Labute approximate surface area is 112 Å². The van der Waals surface area contributed by atoms with E-state index in [1.165, 1.54) is 23.4 Å². The van der Waals surface area contributed by atoms with E-state index in [9.17, 15) is 10.2 Å². The van der Waals surface area contributed by atoms with Gasteiger partial charge in [-0.3, -0.25) is 0 Å². The Morgan fingerprint density at radius 2 is 2.00 bits per heavy atom. The average molecular weight is 267 g/mol. The number of hydrogen-bond donors (Lipinski definition) is 3. The van der Waals surface area contributed by atoms with Gasteiger partial charge in [-0.25, -0.2) is 5.01 Å². The standard InChI is InChI=1S/C12H17N3O2S/c1-12(2,3)15(11(13)18)14-7-8-4-5-9(16)6-10(8)17/h4-7,16-17H,1-3H3,(H2,13,18). The minimum absolute atomic E-state index is 0.00771. The largest absolute Gasteiger partial charge is 0.508 e. The molecular formula is C12H17N3O2S. The topological polar surface area (TPSA) is 82.1 Å². The van der Waals surface area contributed by atoms with Crippen molar-refractivity contribution in [1.29, 1.82) is 0 Å². The van der Waals surface area contributed by atoms with Crippen LogP contribution in [0.1, 0.15) is 26.3 Å². The first-order valence-corrected chi connectivity index (χ1v) is 5.78. The van der Waals surface area contributed by atoms with Gasteiger partial charge in [-0.1, -0.05) is 0 Å². The molecule has 0 unspecified atom stereocenters. The molecule has 0 atom stereocenters. The molecule has 0 aliphatic carbocycles. The molecule has 0 spiro atoms. The van der Waals surface area contributed by atoms with E-state index in [1.54, 1.807) is 6.07 Å². The second kappa shape index (κ2) is 5.22. The maximum absolute atomic E-state index is 9.61. The molecule has 0 saturated heterocycles. The van der Waals surface area contributed by atoms with E-state index in [0.717, 1.165) is 0 Å². The molecule has 0 saturated carbocycles. The molecule has 1 aromatic carbocycles. The molecule has 0 aromatic heterocycles. The second-order valence-corrected chi connectivity index (χ2v) is 5.23. The van der Waals surface area contributed by atoms with E-state index in [-0.39, 0.29) is 22.2 Å². The number of rotatable bonds is 2. The van der Waals surface area contributed by atoms with Gasteiger partial charge in [0.2, 0.25) is 0 Å². The number of nitrogens with two attached hydrogens (primary N) is 1. The lowest BCUT2D eigenvalue weighted by molar-refractivity contribution is 0.250. The summed E-state index contributed by atoms with van der Waals surface area (Å²) in [5.41, 5.74) is 5.71. The summed E-state index contributed by atoms with van der Waals surface area (Å²) < 4.78 is 0. The van der Waals surface area contributed by atoms with Crippen molar-refractivity contribution < 1.29 is 10.2 Å². The van der Waals surface area contributed by atoms with E-state index in [2.05, 4.69) is 5.10 Å². The highest BCUT2D eigenvalue weighted by molar-refractivity contribution is 7.80. The number of phenolic OH excluding ortho intramolecular Hbond substituents is 2. The predicted octanol–water partition coefficient (Wildman–Crippen LogP) is 1.78. The summed E-state index contributed by atoms with van der Waals surface area (Å²) in [6, 6.07) is 4.25. The maximum Gasteiger partial charge on any atom is 0.187 e. The van der Waals surface area contributed by atoms with Crippen molar-refractivity contribution in [3.8, 4) is 11.5 Å². The van der Waals surface area contributed by atoms with Gasteiger partial charge in [0, 0.05) is 11.6 Å². The van der Waals surface area contributed by atoms with E-state index in [4.69, 9.17) is 18.0 Å². The van der Waals surface area contributed by atoms with Gasteiger partial charge in [-0.05, 0) is 45.1 Å². The van der Waals surface area contributed by atoms with Gasteiger partial charge in [0.15, 0.2) is 5.11 Å². The number of aromatic hydroxyl groups is 2. The Morgan fingerprint density at radius 3 is 2.44 bits per heavy atom. The highest BCUT2D eigenvalue weighted by Gasteiger charge is 2.21. The molecule has 0 aliphatic rings. The third-order valence-corrected chi connectivity index (χ3v) is 2.34. The Morgan fingerprint density at radius 1 is 1.39 bits per heavy atom. The molecular weight excluding hydrogens is 250 g/mol. The predicted molar refractivity (Wildman–Crippen MR) is 75.7 cm³/mol. The van der Waals surface area contributed by atoms with Crippen LogP contribution in [0.5, 0.6) is 11.5 Å². The van der Waals surface area contributed by atoms with Gasteiger partial charge in [0.05, 0.1) is 11.8 Å². The third-order valence-electron chi connectivity index (χ3n) is 2.17. The van der Waals surface area contributed by atoms with Crippen LogP contribution in [-0.4, -0.2) is 32.1 Å². The van der Waals surface area contributed by atoms with Gasteiger partial charge in [0.1, 0.15) is 11.5 Å². The first-order valence-electron chi connectivity index (χ1n) is 5.37. The second-order valence-electron chi connectivity index (χ2n) is 4.81. The Kier molecular flexibility index (Phi) is 4.13. The monoisotopic (exact) mass is 267 g/mol. The molecule has 0 aliphatic heterocycles. The van der Waals surface area contributed by atoms with Crippen LogP contribution in [-0.2, 0) is 0 Å². The summed E-state index contributed by atoms with van der Waals surface area (Å²) in [5.74, 6) is -0.0674. The highest BCUT2D eigenvalue weighted by Crippen LogP contribution is 2.21.